The van der Waals surface area contributed by atoms with Crippen molar-refractivity contribution in [2.75, 3.05) is 17.2 Å². The molecule has 0 unspecified atom stereocenters. The second-order valence-electron chi connectivity index (χ2n) is 10.9. The van der Waals surface area contributed by atoms with E-state index in [1.54, 1.807) is 11.8 Å². The predicted octanol–water partition coefficient (Wildman–Crippen LogP) is 8.05. The third-order valence-electron chi connectivity index (χ3n) is 7.69. The number of carbonyl (C=O) groups excluding carboxylic acids is 1. The van der Waals surface area contributed by atoms with Crippen molar-refractivity contribution in [1.29, 1.82) is 0 Å². The number of aromatic nitrogens is 3. The Morgan fingerprint density at radius 1 is 0.956 bits per heavy atom. The maximum Gasteiger partial charge on any atom is 0.573 e. The number of ether oxygens (including phenoxy) is 1. The van der Waals surface area contributed by atoms with E-state index >= 15 is 0 Å². The fraction of sp³-hybridized carbons (Fsp3) is 0.273. The summed E-state index contributed by atoms with van der Waals surface area (Å²) in [6, 6.07) is 19.1. The Hall–Kier alpha value is -4.58. The fourth-order valence-corrected chi connectivity index (χ4v) is 6.62. The van der Waals surface area contributed by atoms with Crippen LogP contribution in [0.2, 0.25) is 0 Å². The van der Waals surface area contributed by atoms with Gasteiger partial charge in [0.05, 0.1) is 5.69 Å². The Bertz CT molecular complexity index is 1740. The van der Waals surface area contributed by atoms with Crippen molar-refractivity contribution >= 4 is 34.2 Å². The number of thioether (sulfide) groups is 1. The van der Waals surface area contributed by atoms with Crippen LogP contribution in [0.25, 0.3) is 22.6 Å². The van der Waals surface area contributed by atoms with Crippen molar-refractivity contribution in [3.8, 4) is 22.8 Å². The summed E-state index contributed by atoms with van der Waals surface area (Å²) in [6.45, 7) is 4.99. The van der Waals surface area contributed by atoms with Gasteiger partial charge in [-0.2, -0.15) is 4.99 Å². The summed E-state index contributed by atoms with van der Waals surface area (Å²) < 4.78 is 42.8. The number of hydrogen-bond donors (Lipinski definition) is 1. The van der Waals surface area contributed by atoms with Crippen molar-refractivity contribution in [2.45, 2.75) is 45.9 Å². The Morgan fingerprint density at radius 3 is 2.38 bits per heavy atom. The molecule has 4 aromatic rings. The van der Waals surface area contributed by atoms with E-state index in [4.69, 9.17) is 0 Å². The smallest absolute Gasteiger partial charge is 0.406 e. The van der Waals surface area contributed by atoms with Gasteiger partial charge in [0, 0.05) is 29.2 Å². The first kappa shape index (κ1) is 30.4. The van der Waals surface area contributed by atoms with Gasteiger partial charge in [-0.3, -0.25) is 0 Å². The molecule has 2 amide bonds. The van der Waals surface area contributed by atoms with Gasteiger partial charge in [0.2, 0.25) is 0 Å². The van der Waals surface area contributed by atoms with Gasteiger partial charge >= 0.3 is 12.4 Å². The SMILES string of the molecule is Cc1cccc(C)c1N1CCCS/C1=N\C(=O)NC1=C(c2ccc(-c3ncn(-c4ccc(OC(F)(F)F)cc4)n3)cc2)CCC1. The van der Waals surface area contributed by atoms with Crippen molar-refractivity contribution < 1.29 is 22.7 Å². The van der Waals surface area contributed by atoms with Crippen LogP contribution in [0.1, 0.15) is 42.4 Å². The van der Waals surface area contributed by atoms with Gasteiger partial charge in [0.15, 0.2) is 11.0 Å². The second kappa shape index (κ2) is 12.8. The molecule has 2 heterocycles. The molecule has 45 heavy (non-hydrogen) atoms. The molecule has 3 aromatic carbocycles. The summed E-state index contributed by atoms with van der Waals surface area (Å²) in [5.74, 6) is 1.09. The topological polar surface area (TPSA) is 84.6 Å². The van der Waals surface area contributed by atoms with E-state index in [9.17, 15) is 18.0 Å². The van der Waals surface area contributed by atoms with Crippen molar-refractivity contribution in [3.63, 3.8) is 0 Å². The van der Waals surface area contributed by atoms with E-state index < -0.39 is 6.36 Å². The molecule has 0 bridgehead atoms. The van der Waals surface area contributed by atoms with Crippen molar-refractivity contribution in [3.05, 3.63) is 95.4 Å². The molecule has 232 valence electrons. The summed E-state index contributed by atoms with van der Waals surface area (Å²) in [5, 5.41) is 8.28. The molecule has 8 nitrogen and oxygen atoms in total. The lowest BCUT2D eigenvalue weighted by Gasteiger charge is -2.31. The molecule has 6 rings (SSSR count). The van der Waals surface area contributed by atoms with Gasteiger partial charge in [0.25, 0.3) is 0 Å². The number of alkyl halides is 3. The minimum atomic E-state index is -4.75. The molecule has 1 aliphatic carbocycles. The van der Waals surface area contributed by atoms with Crippen LogP contribution in [0.3, 0.4) is 0 Å². The maximum atomic E-state index is 13.2. The minimum Gasteiger partial charge on any atom is -0.406 e. The highest BCUT2D eigenvalue weighted by Gasteiger charge is 2.31. The number of halogens is 3. The van der Waals surface area contributed by atoms with Crippen LogP contribution in [0.15, 0.2) is 83.7 Å². The van der Waals surface area contributed by atoms with Crippen LogP contribution in [0.4, 0.5) is 23.7 Å². The number of amidine groups is 1. The number of urea groups is 1. The van der Waals surface area contributed by atoms with Crippen molar-refractivity contribution in [1.82, 2.24) is 20.1 Å². The van der Waals surface area contributed by atoms with E-state index in [1.165, 1.54) is 35.3 Å². The summed E-state index contributed by atoms with van der Waals surface area (Å²) in [5.41, 5.74) is 7.73. The summed E-state index contributed by atoms with van der Waals surface area (Å²) in [7, 11) is 0. The second-order valence-corrected chi connectivity index (χ2v) is 11.9. The van der Waals surface area contributed by atoms with Gasteiger partial charge in [0.1, 0.15) is 12.1 Å². The number of benzene rings is 3. The van der Waals surface area contributed by atoms with E-state index in [1.807, 2.05) is 30.3 Å². The van der Waals surface area contributed by atoms with E-state index in [2.05, 4.69) is 56.0 Å². The molecule has 2 aliphatic rings. The van der Waals surface area contributed by atoms with E-state index in [-0.39, 0.29) is 11.8 Å². The maximum absolute atomic E-state index is 13.2. The van der Waals surface area contributed by atoms with Gasteiger partial charge < -0.3 is 15.0 Å². The number of amides is 2. The molecular weight excluding hydrogens is 601 g/mol. The molecule has 0 spiro atoms. The molecule has 0 saturated carbocycles. The molecule has 1 aromatic heterocycles. The first-order chi connectivity index (χ1) is 21.6. The van der Waals surface area contributed by atoms with Crippen LogP contribution in [0.5, 0.6) is 5.75 Å². The third-order valence-corrected chi connectivity index (χ3v) is 8.75. The average molecular weight is 633 g/mol. The van der Waals surface area contributed by atoms with Gasteiger partial charge in [-0.1, -0.05) is 54.2 Å². The van der Waals surface area contributed by atoms with E-state index in [0.29, 0.717) is 11.5 Å². The standard InChI is InChI=1S/C33H31F3N6O2S/c1-21-6-3-7-22(2)29(21)41-18-5-19-45-32(41)39-31(43)38-28-9-4-8-27(28)23-10-12-24(13-11-23)30-37-20-42(40-30)25-14-16-26(17-15-25)44-33(34,35)36/h3,6-7,10-17,20H,4-5,8-9,18-19H2,1-2H3,(H,38,43)/b39-32-. The zero-order valence-corrected chi connectivity index (χ0v) is 25.6. The van der Waals surface area contributed by atoms with E-state index in [0.717, 1.165) is 82.4 Å². The number of anilines is 1. The molecule has 1 fully saturated rings. The highest BCUT2D eigenvalue weighted by atomic mass is 32.2. The number of nitrogens with zero attached hydrogens (tertiary/aromatic N) is 5. The van der Waals surface area contributed by atoms with Crippen LogP contribution in [-0.2, 0) is 0 Å². The number of rotatable bonds is 6. The molecule has 12 heteroatoms. The molecule has 1 aliphatic heterocycles. The Balaban J connectivity index is 1.16. The van der Waals surface area contributed by atoms with Crippen LogP contribution < -0.4 is 15.0 Å². The van der Waals surface area contributed by atoms with Gasteiger partial charge in [-0.15, -0.1) is 18.3 Å². The Morgan fingerprint density at radius 2 is 1.67 bits per heavy atom. The normalized spacial score (nSPS) is 16.4. The van der Waals surface area contributed by atoms with Crippen molar-refractivity contribution in [2.24, 2.45) is 4.99 Å². The first-order valence-corrected chi connectivity index (χ1v) is 15.6. The van der Waals surface area contributed by atoms with Crippen LogP contribution >= 0.6 is 11.8 Å². The van der Waals surface area contributed by atoms with Gasteiger partial charge in [-0.25, -0.2) is 14.5 Å². The first-order valence-electron chi connectivity index (χ1n) is 14.6. The predicted molar refractivity (Wildman–Crippen MR) is 171 cm³/mol. The quantitative estimate of drug-likeness (QED) is 0.232. The number of carbonyl (C=O) groups is 1. The molecule has 0 atom stereocenters. The third kappa shape index (κ3) is 7.06. The lowest BCUT2D eigenvalue weighted by atomic mass is 10.0. The molecular formula is C33H31F3N6O2S. The number of hydrogen-bond acceptors (Lipinski definition) is 5. The molecule has 1 N–H and O–H groups in total. The van der Waals surface area contributed by atoms with Crippen LogP contribution in [0, 0.1) is 13.8 Å². The lowest BCUT2D eigenvalue weighted by Crippen LogP contribution is -2.36. The fourth-order valence-electron chi connectivity index (χ4n) is 5.68. The zero-order chi connectivity index (χ0) is 31.6. The number of para-hydroxylation sites is 1. The average Bonchev–Trinajstić information content (AvgIpc) is 3.68. The lowest BCUT2D eigenvalue weighted by molar-refractivity contribution is -0.274. The Kier molecular flexibility index (Phi) is 8.66. The van der Waals surface area contributed by atoms with Gasteiger partial charge in [-0.05, 0) is 86.1 Å². The molecule has 0 radical (unpaired) electrons. The number of nitrogens with one attached hydrogen (secondary N) is 1. The largest absolute Gasteiger partial charge is 0.573 e. The Labute approximate surface area is 263 Å². The minimum absolute atomic E-state index is 0.307. The highest BCUT2D eigenvalue weighted by Crippen LogP contribution is 2.34. The number of aryl methyl sites for hydroxylation is 2. The summed E-state index contributed by atoms with van der Waals surface area (Å²) in [6.07, 6.45) is 0.319. The monoisotopic (exact) mass is 632 g/mol. The number of aliphatic imine (C=N–C) groups is 1. The highest BCUT2D eigenvalue weighted by molar-refractivity contribution is 8.14. The van der Waals surface area contributed by atoms with Crippen LogP contribution in [-0.4, -0.2) is 44.6 Å². The summed E-state index contributed by atoms with van der Waals surface area (Å²) in [4.78, 5) is 24.2. The zero-order valence-electron chi connectivity index (χ0n) is 24.8. The number of allylic oxidation sites excluding steroid dienone is 2. The molecule has 1 saturated heterocycles. The summed E-state index contributed by atoms with van der Waals surface area (Å²) >= 11 is 1.61.